The first kappa shape index (κ1) is 17.0. The van der Waals surface area contributed by atoms with Gasteiger partial charge >= 0.3 is 0 Å². The van der Waals surface area contributed by atoms with E-state index < -0.39 is 0 Å². The van der Waals surface area contributed by atoms with Gasteiger partial charge in [-0.3, -0.25) is 0 Å². The van der Waals surface area contributed by atoms with E-state index in [1.54, 1.807) is 7.11 Å². The summed E-state index contributed by atoms with van der Waals surface area (Å²) in [6, 6.07) is 0.373. The van der Waals surface area contributed by atoms with E-state index >= 15 is 0 Å². The largest absolute Gasteiger partial charge is 0.383 e. The molecule has 1 unspecified atom stereocenters. The maximum absolute atomic E-state index is 5.12. The Balaban J connectivity index is 2.63. The molecular formula is C14H26N2OS2. The molecule has 0 fully saturated rings. The van der Waals surface area contributed by atoms with Gasteiger partial charge in [-0.2, -0.15) is 11.8 Å². The number of aryl methyl sites for hydroxylation is 2. The van der Waals surface area contributed by atoms with Crippen molar-refractivity contribution in [2.45, 2.75) is 39.7 Å². The average molecular weight is 303 g/mol. The molecule has 0 saturated heterocycles. The van der Waals surface area contributed by atoms with Crippen molar-refractivity contribution < 1.29 is 4.74 Å². The maximum atomic E-state index is 5.12. The van der Waals surface area contributed by atoms with Gasteiger partial charge in [0.1, 0.15) is 5.01 Å². The van der Waals surface area contributed by atoms with Gasteiger partial charge in [0.05, 0.1) is 18.3 Å². The molecule has 1 rings (SSSR count). The Morgan fingerprint density at radius 2 is 2.21 bits per heavy atom. The fourth-order valence-corrected chi connectivity index (χ4v) is 3.73. The lowest BCUT2D eigenvalue weighted by molar-refractivity contribution is 0.195. The Kier molecular flexibility index (Phi) is 8.70. The van der Waals surface area contributed by atoms with Crippen LogP contribution in [0.3, 0.4) is 0 Å². The fourth-order valence-electron chi connectivity index (χ4n) is 1.92. The van der Waals surface area contributed by atoms with Crippen molar-refractivity contribution in [3.8, 4) is 0 Å². The minimum Gasteiger partial charge on any atom is -0.383 e. The van der Waals surface area contributed by atoms with Crippen molar-refractivity contribution >= 4 is 23.1 Å². The van der Waals surface area contributed by atoms with Crippen LogP contribution < -0.4 is 5.32 Å². The molecular weight excluding hydrogens is 276 g/mol. The predicted octanol–water partition coefficient (Wildman–Crippen LogP) is 3.43. The summed E-state index contributed by atoms with van der Waals surface area (Å²) in [5.41, 5.74) is 1.25. The molecule has 110 valence electrons. The molecule has 0 aliphatic rings. The van der Waals surface area contributed by atoms with Crippen molar-refractivity contribution in [3.63, 3.8) is 0 Å². The van der Waals surface area contributed by atoms with Gasteiger partial charge in [0.25, 0.3) is 0 Å². The minimum absolute atomic E-state index is 0.373. The van der Waals surface area contributed by atoms with Gasteiger partial charge in [0.2, 0.25) is 0 Å². The molecule has 0 amide bonds. The van der Waals surface area contributed by atoms with Crippen LogP contribution in [-0.4, -0.2) is 36.8 Å². The van der Waals surface area contributed by atoms with Gasteiger partial charge in [0.15, 0.2) is 0 Å². The molecule has 1 atom stereocenters. The second-order valence-electron chi connectivity index (χ2n) is 4.39. The van der Waals surface area contributed by atoms with Crippen LogP contribution in [0.15, 0.2) is 0 Å². The molecule has 19 heavy (non-hydrogen) atoms. The first-order chi connectivity index (χ1) is 9.22. The monoisotopic (exact) mass is 302 g/mol. The van der Waals surface area contributed by atoms with Crippen molar-refractivity contribution in [3.05, 3.63) is 15.6 Å². The Bertz CT molecular complexity index is 345. The van der Waals surface area contributed by atoms with E-state index in [-0.39, 0.29) is 0 Å². The average Bonchev–Trinajstić information content (AvgIpc) is 2.78. The van der Waals surface area contributed by atoms with E-state index in [0.717, 1.165) is 26.0 Å². The first-order valence-corrected chi connectivity index (χ1v) is 8.96. The zero-order chi connectivity index (χ0) is 14.1. The van der Waals surface area contributed by atoms with E-state index in [9.17, 15) is 0 Å². The number of nitrogens with one attached hydrogen (secondary N) is 1. The fraction of sp³-hybridized carbons (Fsp3) is 0.786. The van der Waals surface area contributed by atoms with E-state index in [2.05, 4.69) is 26.1 Å². The Morgan fingerprint density at radius 3 is 2.79 bits per heavy atom. The number of methoxy groups -OCH3 is 1. The number of nitrogens with zero attached hydrogens (tertiary/aromatic N) is 1. The maximum Gasteiger partial charge on any atom is 0.110 e. The summed E-state index contributed by atoms with van der Waals surface area (Å²) in [6.07, 6.45) is 2.16. The van der Waals surface area contributed by atoms with Crippen LogP contribution >= 0.6 is 23.1 Å². The lowest BCUT2D eigenvalue weighted by Gasteiger charge is -2.16. The lowest BCUT2D eigenvalue weighted by Crippen LogP contribution is -2.25. The zero-order valence-corrected chi connectivity index (χ0v) is 14.1. The second kappa shape index (κ2) is 9.75. The highest BCUT2D eigenvalue weighted by Crippen LogP contribution is 2.26. The van der Waals surface area contributed by atoms with Gasteiger partial charge < -0.3 is 10.1 Å². The van der Waals surface area contributed by atoms with Crippen molar-refractivity contribution in [1.29, 1.82) is 0 Å². The molecule has 0 aromatic carbocycles. The standard InChI is InChI=1S/C14H26N2OS2/c1-5-12-11(3)19-14(16-12)13(7-10-18-6-2)15-8-9-17-4/h13,15H,5-10H2,1-4H3. The van der Waals surface area contributed by atoms with Crippen LogP contribution in [0.1, 0.15) is 41.9 Å². The van der Waals surface area contributed by atoms with Gasteiger partial charge in [-0.05, 0) is 31.3 Å². The highest BCUT2D eigenvalue weighted by atomic mass is 32.2. The van der Waals surface area contributed by atoms with Crippen LogP contribution in [0, 0.1) is 6.92 Å². The molecule has 0 aliphatic heterocycles. The van der Waals surface area contributed by atoms with Crippen LogP contribution in [-0.2, 0) is 11.2 Å². The van der Waals surface area contributed by atoms with Gasteiger partial charge in [-0.25, -0.2) is 4.98 Å². The predicted molar refractivity (Wildman–Crippen MR) is 86.5 cm³/mol. The molecule has 1 aromatic heterocycles. The molecule has 0 saturated carbocycles. The third kappa shape index (κ3) is 5.81. The van der Waals surface area contributed by atoms with Crippen LogP contribution in [0.25, 0.3) is 0 Å². The number of thioether (sulfide) groups is 1. The SMILES string of the molecule is CCSCCC(NCCOC)c1nc(CC)c(C)s1. The molecule has 1 heterocycles. The molecule has 0 radical (unpaired) electrons. The molecule has 1 aromatic rings. The summed E-state index contributed by atoms with van der Waals surface area (Å²) >= 11 is 3.83. The normalized spacial score (nSPS) is 12.8. The Morgan fingerprint density at radius 1 is 1.42 bits per heavy atom. The van der Waals surface area contributed by atoms with Crippen LogP contribution in [0.4, 0.5) is 0 Å². The summed E-state index contributed by atoms with van der Waals surface area (Å²) in [7, 11) is 1.74. The summed E-state index contributed by atoms with van der Waals surface area (Å²) < 4.78 is 5.12. The molecule has 0 aliphatic carbocycles. The number of hydrogen-bond donors (Lipinski definition) is 1. The van der Waals surface area contributed by atoms with Crippen LogP contribution in [0.2, 0.25) is 0 Å². The van der Waals surface area contributed by atoms with E-state index in [0.29, 0.717) is 6.04 Å². The van der Waals surface area contributed by atoms with Gasteiger partial charge in [-0.1, -0.05) is 13.8 Å². The number of aromatic nitrogens is 1. The molecule has 5 heteroatoms. The van der Waals surface area contributed by atoms with E-state index in [1.807, 2.05) is 23.1 Å². The summed E-state index contributed by atoms with van der Waals surface area (Å²) in [6.45, 7) is 8.19. The number of thiazole rings is 1. The van der Waals surface area contributed by atoms with Crippen LogP contribution in [0.5, 0.6) is 0 Å². The first-order valence-electron chi connectivity index (χ1n) is 6.99. The quantitative estimate of drug-likeness (QED) is 0.671. The number of rotatable bonds is 10. The molecule has 3 nitrogen and oxygen atoms in total. The van der Waals surface area contributed by atoms with Gasteiger partial charge in [-0.15, -0.1) is 11.3 Å². The van der Waals surface area contributed by atoms with Crippen molar-refractivity contribution in [2.75, 3.05) is 31.8 Å². The number of ether oxygens (including phenoxy) is 1. The highest BCUT2D eigenvalue weighted by Gasteiger charge is 2.16. The third-order valence-corrected chi connectivity index (χ3v) is 5.05. The minimum atomic E-state index is 0.373. The zero-order valence-electron chi connectivity index (χ0n) is 12.5. The topological polar surface area (TPSA) is 34.1 Å². The van der Waals surface area contributed by atoms with E-state index in [1.165, 1.54) is 27.1 Å². The van der Waals surface area contributed by atoms with E-state index in [4.69, 9.17) is 9.72 Å². The Labute approximate surface area is 125 Å². The lowest BCUT2D eigenvalue weighted by atomic mass is 10.2. The summed E-state index contributed by atoms with van der Waals surface area (Å²) in [4.78, 5) is 6.15. The smallest absolute Gasteiger partial charge is 0.110 e. The number of hydrogen-bond acceptors (Lipinski definition) is 5. The molecule has 1 N–H and O–H groups in total. The summed E-state index contributed by atoms with van der Waals surface area (Å²) in [5, 5.41) is 4.81. The second-order valence-corrected chi connectivity index (χ2v) is 7.02. The third-order valence-electron chi connectivity index (χ3n) is 2.99. The molecule has 0 spiro atoms. The van der Waals surface area contributed by atoms with Gasteiger partial charge in [0, 0.05) is 18.5 Å². The molecule has 0 bridgehead atoms. The Hall–Kier alpha value is -0.100. The van der Waals surface area contributed by atoms with Crippen molar-refractivity contribution in [1.82, 2.24) is 10.3 Å². The summed E-state index contributed by atoms with van der Waals surface area (Å²) in [5.74, 6) is 2.36. The highest BCUT2D eigenvalue weighted by molar-refractivity contribution is 7.99. The van der Waals surface area contributed by atoms with Crippen molar-refractivity contribution in [2.24, 2.45) is 0 Å².